The van der Waals surface area contributed by atoms with E-state index >= 15 is 0 Å². The van der Waals surface area contributed by atoms with Gasteiger partial charge in [0.05, 0.1) is 9.90 Å². The Balaban J connectivity index is 1.55. The van der Waals surface area contributed by atoms with Crippen LogP contribution in [0.25, 0.3) is 10.8 Å². The maximum Gasteiger partial charge on any atom is 0.347 e. The van der Waals surface area contributed by atoms with Crippen molar-refractivity contribution in [3.05, 3.63) is 57.7 Å². The fraction of sp³-hybridized carbons (Fsp3) is 0.176. The van der Waals surface area contributed by atoms with Crippen molar-refractivity contribution < 1.29 is 18.7 Å². The molecular weight excluding hydrogens is 385 g/mol. The van der Waals surface area contributed by atoms with Gasteiger partial charge in [0.2, 0.25) is 5.89 Å². The van der Waals surface area contributed by atoms with Crippen LogP contribution in [0.1, 0.15) is 12.6 Å². The number of esters is 1. The molecule has 0 aliphatic rings. The third-order valence-electron chi connectivity index (χ3n) is 3.18. The standard InChI is InChI=1S/C17H13Cl2NO4S/c1-10(24-14-5-4-11(18)7-13(14)19)17(21)23-9-12-8-22-16(20-12)15-3-2-6-25-15/h2-8,10H,9H2,1H3. The topological polar surface area (TPSA) is 61.6 Å². The van der Waals surface area contributed by atoms with Gasteiger partial charge in [-0.05, 0) is 36.6 Å². The molecule has 0 saturated heterocycles. The zero-order chi connectivity index (χ0) is 17.8. The summed E-state index contributed by atoms with van der Waals surface area (Å²) in [5.74, 6) is 0.321. The quantitative estimate of drug-likeness (QED) is 0.533. The summed E-state index contributed by atoms with van der Waals surface area (Å²) in [5.41, 5.74) is 0.522. The molecule has 25 heavy (non-hydrogen) atoms. The zero-order valence-electron chi connectivity index (χ0n) is 13.1. The molecule has 1 aromatic carbocycles. The average Bonchev–Trinajstić information content (AvgIpc) is 3.26. The number of oxazole rings is 1. The zero-order valence-corrected chi connectivity index (χ0v) is 15.4. The van der Waals surface area contributed by atoms with E-state index in [4.69, 9.17) is 37.1 Å². The van der Waals surface area contributed by atoms with Gasteiger partial charge in [-0.3, -0.25) is 0 Å². The van der Waals surface area contributed by atoms with E-state index in [1.807, 2.05) is 17.5 Å². The lowest BCUT2D eigenvalue weighted by atomic mass is 10.3. The highest BCUT2D eigenvalue weighted by atomic mass is 35.5. The molecule has 2 heterocycles. The minimum atomic E-state index is -0.831. The largest absolute Gasteiger partial charge is 0.477 e. The molecule has 0 saturated carbocycles. The molecule has 8 heteroatoms. The van der Waals surface area contributed by atoms with E-state index in [0.29, 0.717) is 27.4 Å². The summed E-state index contributed by atoms with van der Waals surface area (Å²) in [6.45, 7) is 1.57. The van der Waals surface area contributed by atoms with Gasteiger partial charge in [-0.2, -0.15) is 0 Å². The lowest BCUT2D eigenvalue weighted by Crippen LogP contribution is -2.26. The van der Waals surface area contributed by atoms with E-state index in [1.165, 1.54) is 23.7 Å². The van der Waals surface area contributed by atoms with E-state index in [1.54, 1.807) is 19.1 Å². The van der Waals surface area contributed by atoms with E-state index in [0.717, 1.165) is 4.88 Å². The van der Waals surface area contributed by atoms with Crippen LogP contribution in [0.15, 0.2) is 46.4 Å². The Labute approximate surface area is 158 Å². The Hall–Kier alpha value is -2.02. The van der Waals surface area contributed by atoms with Crippen molar-refractivity contribution in [1.29, 1.82) is 0 Å². The van der Waals surface area contributed by atoms with Crippen LogP contribution in [0, 0.1) is 0 Å². The number of nitrogens with zero attached hydrogens (tertiary/aromatic N) is 1. The molecule has 1 atom stereocenters. The molecule has 3 aromatic rings. The molecule has 5 nitrogen and oxygen atoms in total. The molecule has 0 spiro atoms. The number of hydrogen-bond donors (Lipinski definition) is 0. The molecule has 2 aromatic heterocycles. The second-order valence-corrected chi connectivity index (χ2v) is 6.86. The van der Waals surface area contributed by atoms with E-state index in [-0.39, 0.29) is 6.61 Å². The number of aromatic nitrogens is 1. The molecule has 3 rings (SSSR count). The van der Waals surface area contributed by atoms with Crippen molar-refractivity contribution in [3.8, 4) is 16.5 Å². The number of rotatable bonds is 6. The first-order valence-electron chi connectivity index (χ1n) is 7.29. The normalized spacial score (nSPS) is 12.0. The SMILES string of the molecule is CC(Oc1ccc(Cl)cc1Cl)C(=O)OCc1coc(-c2cccs2)n1. The predicted octanol–water partition coefficient (Wildman–Crippen LogP) is 5.22. The van der Waals surface area contributed by atoms with E-state index in [2.05, 4.69) is 4.98 Å². The fourth-order valence-electron chi connectivity index (χ4n) is 1.96. The summed E-state index contributed by atoms with van der Waals surface area (Å²) < 4.78 is 16.1. The van der Waals surface area contributed by atoms with Crippen LogP contribution in [0.3, 0.4) is 0 Å². The minimum Gasteiger partial charge on any atom is -0.477 e. The first kappa shape index (κ1) is 17.8. The van der Waals surface area contributed by atoms with Crippen LogP contribution in [0.2, 0.25) is 10.0 Å². The van der Waals surface area contributed by atoms with Crippen LogP contribution in [-0.4, -0.2) is 17.1 Å². The number of carbonyl (C=O) groups is 1. The third kappa shape index (κ3) is 4.54. The van der Waals surface area contributed by atoms with Crippen molar-refractivity contribution in [2.75, 3.05) is 0 Å². The molecule has 0 bridgehead atoms. The smallest absolute Gasteiger partial charge is 0.347 e. The van der Waals surface area contributed by atoms with Crippen LogP contribution < -0.4 is 4.74 Å². The lowest BCUT2D eigenvalue weighted by Gasteiger charge is -2.14. The van der Waals surface area contributed by atoms with Gasteiger partial charge in [0.1, 0.15) is 24.3 Å². The Kier molecular flexibility index (Phi) is 5.63. The Bertz CT molecular complexity index is 863. The monoisotopic (exact) mass is 397 g/mol. The highest BCUT2D eigenvalue weighted by Crippen LogP contribution is 2.28. The van der Waals surface area contributed by atoms with Gasteiger partial charge in [-0.25, -0.2) is 9.78 Å². The number of halogens is 2. The summed E-state index contributed by atoms with van der Waals surface area (Å²) >= 11 is 13.4. The highest BCUT2D eigenvalue weighted by molar-refractivity contribution is 7.13. The Morgan fingerprint density at radius 1 is 1.36 bits per heavy atom. The van der Waals surface area contributed by atoms with E-state index in [9.17, 15) is 4.79 Å². The average molecular weight is 398 g/mol. The molecular formula is C17H13Cl2NO4S. The maximum atomic E-state index is 12.1. The number of benzene rings is 1. The number of carbonyl (C=O) groups excluding carboxylic acids is 1. The number of thiophene rings is 1. The molecule has 0 amide bonds. The molecule has 0 N–H and O–H groups in total. The van der Waals surface area contributed by atoms with Gasteiger partial charge in [0, 0.05) is 5.02 Å². The molecule has 130 valence electrons. The number of hydrogen-bond acceptors (Lipinski definition) is 6. The molecule has 0 aliphatic carbocycles. The van der Waals surface area contributed by atoms with Crippen LogP contribution in [-0.2, 0) is 16.1 Å². The summed E-state index contributed by atoms with van der Waals surface area (Å²) in [5, 5.41) is 2.74. The maximum absolute atomic E-state index is 12.1. The summed E-state index contributed by atoms with van der Waals surface area (Å²) in [4.78, 5) is 17.3. The Morgan fingerprint density at radius 3 is 2.92 bits per heavy atom. The first-order valence-corrected chi connectivity index (χ1v) is 8.93. The van der Waals surface area contributed by atoms with Crippen molar-refractivity contribution in [1.82, 2.24) is 4.98 Å². The van der Waals surface area contributed by atoms with Crippen molar-refractivity contribution >= 4 is 40.5 Å². The third-order valence-corrected chi connectivity index (χ3v) is 4.56. The molecule has 1 unspecified atom stereocenters. The van der Waals surface area contributed by atoms with Crippen LogP contribution in [0.5, 0.6) is 5.75 Å². The van der Waals surface area contributed by atoms with Crippen molar-refractivity contribution in [3.63, 3.8) is 0 Å². The van der Waals surface area contributed by atoms with Gasteiger partial charge in [-0.15, -0.1) is 11.3 Å². The summed E-state index contributed by atoms with van der Waals surface area (Å²) in [7, 11) is 0. The van der Waals surface area contributed by atoms with Gasteiger partial charge in [-0.1, -0.05) is 29.3 Å². The predicted molar refractivity (Wildman–Crippen MR) is 96.2 cm³/mol. The van der Waals surface area contributed by atoms with Crippen LogP contribution >= 0.6 is 34.5 Å². The van der Waals surface area contributed by atoms with Crippen LogP contribution in [0.4, 0.5) is 0 Å². The highest BCUT2D eigenvalue weighted by Gasteiger charge is 2.19. The second kappa shape index (κ2) is 7.91. The summed E-state index contributed by atoms with van der Waals surface area (Å²) in [6.07, 6.45) is 0.631. The molecule has 0 aliphatic heterocycles. The van der Waals surface area contributed by atoms with Gasteiger partial charge in [0.15, 0.2) is 6.10 Å². The second-order valence-electron chi connectivity index (χ2n) is 5.06. The van der Waals surface area contributed by atoms with Crippen molar-refractivity contribution in [2.24, 2.45) is 0 Å². The Morgan fingerprint density at radius 2 is 2.20 bits per heavy atom. The number of ether oxygens (including phenoxy) is 2. The summed E-state index contributed by atoms with van der Waals surface area (Å²) in [6, 6.07) is 8.57. The van der Waals surface area contributed by atoms with Crippen molar-refractivity contribution in [2.45, 2.75) is 19.6 Å². The fourth-order valence-corrected chi connectivity index (χ4v) is 3.07. The van der Waals surface area contributed by atoms with Gasteiger partial charge < -0.3 is 13.9 Å². The van der Waals surface area contributed by atoms with Gasteiger partial charge >= 0.3 is 5.97 Å². The van der Waals surface area contributed by atoms with Gasteiger partial charge in [0.25, 0.3) is 0 Å². The lowest BCUT2D eigenvalue weighted by molar-refractivity contribution is -0.152. The minimum absolute atomic E-state index is 0.00421. The molecule has 0 radical (unpaired) electrons. The van der Waals surface area contributed by atoms with E-state index < -0.39 is 12.1 Å². The molecule has 0 fully saturated rings. The first-order chi connectivity index (χ1) is 12.0.